The Morgan fingerprint density at radius 2 is 2.14 bits per heavy atom. The topological polar surface area (TPSA) is 71.1 Å². The van der Waals surface area contributed by atoms with Crippen molar-refractivity contribution in [3.8, 4) is 0 Å². The first-order valence-corrected chi connectivity index (χ1v) is 7.99. The van der Waals surface area contributed by atoms with Crippen LogP contribution in [0.3, 0.4) is 0 Å². The first kappa shape index (κ1) is 14.0. The molecule has 1 aliphatic rings. The van der Waals surface area contributed by atoms with Crippen LogP contribution in [0.25, 0.3) is 0 Å². The van der Waals surface area contributed by atoms with E-state index in [1.54, 1.807) is 12.1 Å². The molecule has 21 heavy (non-hydrogen) atoms. The average Bonchev–Trinajstić information content (AvgIpc) is 2.47. The molecule has 0 aliphatic carbocycles. The molecule has 0 bridgehead atoms. The van der Waals surface area contributed by atoms with E-state index in [1.807, 2.05) is 6.07 Å². The van der Waals surface area contributed by atoms with E-state index in [0.29, 0.717) is 12.2 Å². The van der Waals surface area contributed by atoms with Gasteiger partial charge in [-0.25, -0.2) is 12.8 Å². The van der Waals surface area contributed by atoms with Crippen LogP contribution in [0.2, 0.25) is 0 Å². The summed E-state index contributed by atoms with van der Waals surface area (Å²) < 4.78 is 40.3. The quantitative estimate of drug-likeness (QED) is 0.905. The van der Waals surface area contributed by atoms with Gasteiger partial charge in [-0.1, -0.05) is 12.1 Å². The Balaban J connectivity index is 1.96. The normalized spacial score (nSPS) is 14.5. The minimum Gasteiger partial charge on any atom is -0.312 e. The number of benzene rings is 1. The van der Waals surface area contributed by atoms with E-state index < -0.39 is 15.8 Å². The lowest BCUT2D eigenvalue weighted by molar-refractivity contribution is 0.592. The number of nitrogens with one attached hydrogen (secondary N) is 2. The Bertz CT molecular complexity index is 778. The summed E-state index contributed by atoms with van der Waals surface area (Å²) >= 11 is 0. The standard InChI is InChI=1S/C14H14FN3O2S/c15-11-6-12(9-17-8-11)21(19,20)18-14-3-1-2-10-7-16-5-4-13(10)14/h1-3,6,8-9,16,18H,4-5,7H2. The molecule has 0 unspecified atom stereocenters. The summed E-state index contributed by atoms with van der Waals surface area (Å²) in [5, 5.41) is 3.23. The van der Waals surface area contributed by atoms with Gasteiger partial charge in [0.2, 0.25) is 0 Å². The van der Waals surface area contributed by atoms with Gasteiger partial charge in [-0.15, -0.1) is 0 Å². The van der Waals surface area contributed by atoms with Crippen molar-refractivity contribution in [3.05, 3.63) is 53.6 Å². The van der Waals surface area contributed by atoms with Crippen molar-refractivity contribution in [1.29, 1.82) is 0 Å². The van der Waals surface area contributed by atoms with E-state index >= 15 is 0 Å². The molecular weight excluding hydrogens is 293 g/mol. The van der Waals surface area contributed by atoms with E-state index in [9.17, 15) is 12.8 Å². The van der Waals surface area contributed by atoms with E-state index in [-0.39, 0.29) is 4.90 Å². The van der Waals surface area contributed by atoms with E-state index in [0.717, 1.165) is 42.6 Å². The molecule has 7 heteroatoms. The maximum absolute atomic E-state index is 13.1. The summed E-state index contributed by atoms with van der Waals surface area (Å²) in [6.07, 6.45) is 2.84. The summed E-state index contributed by atoms with van der Waals surface area (Å²) in [4.78, 5) is 3.39. The van der Waals surface area contributed by atoms with Crippen LogP contribution in [-0.4, -0.2) is 19.9 Å². The summed E-state index contributed by atoms with van der Waals surface area (Å²) in [5.41, 5.74) is 2.58. The maximum Gasteiger partial charge on any atom is 0.263 e. The van der Waals surface area contributed by atoms with Gasteiger partial charge in [-0.2, -0.15) is 0 Å². The maximum atomic E-state index is 13.1. The zero-order valence-corrected chi connectivity index (χ0v) is 12.0. The van der Waals surface area contributed by atoms with Gasteiger partial charge in [-0.05, 0) is 36.2 Å². The number of rotatable bonds is 3. The molecule has 1 aliphatic heterocycles. The molecule has 2 aromatic rings. The molecule has 0 fully saturated rings. The number of sulfonamides is 1. The third kappa shape index (κ3) is 2.88. The highest BCUT2D eigenvalue weighted by Gasteiger charge is 2.19. The highest BCUT2D eigenvalue weighted by Crippen LogP contribution is 2.25. The molecular formula is C14H14FN3O2S. The monoisotopic (exact) mass is 307 g/mol. The Morgan fingerprint density at radius 1 is 1.29 bits per heavy atom. The molecule has 0 saturated carbocycles. The fraction of sp³-hybridized carbons (Fsp3) is 0.214. The van der Waals surface area contributed by atoms with Gasteiger partial charge in [0.1, 0.15) is 10.7 Å². The van der Waals surface area contributed by atoms with Crippen LogP contribution in [0, 0.1) is 5.82 Å². The number of halogens is 1. The SMILES string of the molecule is O=S(=O)(Nc1cccc2c1CCNC2)c1cncc(F)c1. The van der Waals surface area contributed by atoms with Crippen LogP contribution in [0.4, 0.5) is 10.1 Å². The lowest BCUT2D eigenvalue weighted by Crippen LogP contribution is -2.25. The van der Waals surface area contributed by atoms with Crippen molar-refractivity contribution < 1.29 is 12.8 Å². The van der Waals surface area contributed by atoms with Gasteiger partial charge < -0.3 is 5.32 Å². The van der Waals surface area contributed by atoms with Gasteiger partial charge in [0.25, 0.3) is 10.0 Å². The smallest absolute Gasteiger partial charge is 0.263 e. The summed E-state index contributed by atoms with van der Waals surface area (Å²) in [6, 6.07) is 6.43. The Labute approximate surface area is 122 Å². The van der Waals surface area contributed by atoms with Gasteiger partial charge in [0, 0.05) is 12.7 Å². The zero-order chi connectivity index (χ0) is 14.9. The van der Waals surface area contributed by atoms with Gasteiger partial charge in [-0.3, -0.25) is 9.71 Å². The molecule has 5 nitrogen and oxygen atoms in total. The number of hydrogen-bond acceptors (Lipinski definition) is 4. The first-order valence-electron chi connectivity index (χ1n) is 6.51. The minimum absolute atomic E-state index is 0.186. The number of anilines is 1. The second kappa shape index (κ2) is 5.42. The first-order chi connectivity index (χ1) is 10.1. The Kier molecular flexibility index (Phi) is 3.60. The molecule has 2 N–H and O–H groups in total. The fourth-order valence-corrected chi connectivity index (χ4v) is 3.44. The predicted octanol–water partition coefficient (Wildman–Crippen LogP) is 1.67. The van der Waals surface area contributed by atoms with Crippen LogP contribution in [0.1, 0.15) is 11.1 Å². The highest BCUT2D eigenvalue weighted by atomic mass is 32.2. The molecule has 2 heterocycles. The van der Waals surface area contributed by atoms with Crippen molar-refractivity contribution in [2.75, 3.05) is 11.3 Å². The molecule has 110 valence electrons. The number of pyridine rings is 1. The zero-order valence-electron chi connectivity index (χ0n) is 11.1. The van der Waals surface area contributed by atoms with E-state index in [4.69, 9.17) is 0 Å². The van der Waals surface area contributed by atoms with Crippen molar-refractivity contribution >= 4 is 15.7 Å². The summed E-state index contributed by atoms with van der Waals surface area (Å²) in [5.74, 6) is -0.683. The fourth-order valence-electron chi connectivity index (χ4n) is 2.37. The molecule has 1 aromatic carbocycles. The van der Waals surface area contributed by atoms with Crippen molar-refractivity contribution in [1.82, 2.24) is 10.3 Å². The lowest BCUT2D eigenvalue weighted by Gasteiger charge is -2.20. The molecule has 0 radical (unpaired) electrons. The van der Waals surface area contributed by atoms with Crippen molar-refractivity contribution in [2.24, 2.45) is 0 Å². The second-order valence-electron chi connectivity index (χ2n) is 4.81. The third-order valence-corrected chi connectivity index (χ3v) is 4.71. The van der Waals surface area contributed by atoms with Crippen LogP contribution in [-0.2, 0) is 23.0 Å². The number of fused-ring (bicyclic) bond motifs is 1. The van der Waals surface area contributed by atoms with Crippen LogP contribution < -0.4 is 10.0 Å². The minimum atomic E-state index is -3.84. The molecule has 0 atom stereocenters. The molecule has 3 rings (SSSR count). The van der Waals surface area contributed by atoms with Gasteiger partial charge in [0.05, 0.1) is 11.9 Å². The molecule has 1 aromatic heterocycles. The predicted molar refractivity (Wildman–Crippen MR) is 76.9 cm³/mol. The average molecular weight is 307 g/mol. The third-order valence-electron chi connectivity index (χ3n) is 3.37. The van der Waals surface area contributed by atoms with Crippen LogP contribution >= 0.6 is 0 Å². The Hall–Kier alpha value is -1.99. The second-order valence-corrected chi connectivity index (χ2v) is 6.50. The molecule has 0 saturated heterocycles. The Morgan fingerprint density at radius 3 is 2.95 bits per heavy atom. The summed E-state index contributed by atoms with van der Waals surface area (Å²) in [7, 11) is -3.84. The molecule has 0 spiro atoms. The number of aromatic nitrogens is 1. The summed E-state index contributed by atoms with van der Waals surface area (Å²) in [6.45, 7) is 1.51. The largest absolute Gasteiger partial charge is 0.312 e. The lowest BCUT2D eigenvalue weighted by atomic mass is 9.99. The van der Waals surface area contributed by atoms with Crippen molar-refractivity contribution in [3.63, 3.8) is 0 Å². The van der Waals surface area contributed by atoms with Crippen molar-refractivity contribution in [2.45, 2.75) is 17.9 Å². The highest BCUT2D eigenvalue weighted by molar-refractivity contribution is 7.92. The van der Waals surface area contributed by atoms with E-state index in [2.05, 4.69) is 15.0 Å². The van der Waals surface area contributed by atoms with Gasteiger partial charge in [0.15, 0.2) is 0 Å². The number of nitrogens with zero attached hydrogens (tertiary/aromatic N) is 1. The molecule has 0 amide bonds. The van der Waals surface area contributed by atoms with Gasteiger partial charge >= 0.3 is 0 Å². The van der Waals surface area contributed by atoms with Crippen LogP contribution in [0.15, 0.2) is 41.6 Å². The van der Waals surface area contributed by atoms with Crippen LogP contribution in [0.5, 0.6) is 0 Å². The van der Waals surface area contributed by atoms with E-state index in [1.165, 1.54) is 0 Å². The number of hydrogen-bond donors (Lipinski definition) is 2.